The first kappa shape index (κ1) is 21.1. The maximum absolute atomic E-state index is 13.0. The number of anilines is 1. The molecule has 0 radical (unpaired) electrons. The number of amides is 1. The van der Waals surface area contributed by atoms with Crippen LogP contribution in [0.3, 0.4) is 0 Å². The Labute approximate surface area is 162 Å². The Bertz CT molecular complexity index is 804. The molecular weight excluding hydrogens is 377 g/mol. The van der Waals surface area contributed by atoms with E-state index >= 15 is 0 Å². The Hall–Kier alpha value is -2.21. The summed E-state index contributed by atoms with van der Waals surface area (Å²) in [6.45, 7) is 0. The Morgan fingerprint density at radius 1 is 1.11 bits per heavy atom. The number of halogens is 4. The van der Waals surface area contributed by atoms with E-state index in [4.69, 9.17) is 5.73 Å². The molecular formula is C20H22ClF3N2O. The zero-order valence-corrected chi connectivity index (χ0v) is 15.5. The fraction of sp³-hybridized carbons (Fsp3) is 0.350. The molecule has 1 aliphatic carbocycles. The lowest BCUT2D eigenvalue weighted by Crippen LogP contribution is -2.50. The molecule has 0 aromatic heterocycles. The third kappa shape index (κ3) is 4.75. The molecule has 0 saturated heterocycles. The number of aryl methyl sites for hydroxylation is 1. The lowest BCUT2D eigenvalue weighted by atomic mass is 9.71. The number of nitrogens with two attached hydrogens (primary N) is 1. The molecule has 0 atom stereocenters. The highest BCUT2D eigenvalue weighted by Crippen LogP contribution is 2.43. The van der Waals surface area contributed by atoms with E-state index in [-0.39, 0.29) is 24.7 Å². The molecule has 2 aromatic carbocycles. The van der Waals surface area contributed by atoms with Gasteiger partial charge in [0.05, 0.1) is 11.1 Å². The predicted octanol–water partition coefficient (Wildman–Crippen LogP) is 4.84. The Kier molecular flexibility index (Phi) is 6.42. The van der Waals surface area contributed by atoms with Gasteiger partial charge in [-0.2, -0.15) is 13.2 Å². The minimum Gasteiger partial charge on any atom is -0.399 e. The summed E-state index contributed by atoms with van der Waals surface area (Å²) in [4.78, 5) is 12.4. The number of rotatable bonds is 5. The van der Waals surface area contributed by atoms with Gasteiger partial charge in [-0.05, 0) is 55.0 Å². The summed E-state index contributed by atoms with van der Waals surface area (Å²) >= 11 is 0. The first-order valence-corrected chi connectivity index (χ1v) is 8.62. The molecule has 0 unspecified atom stereocenters. The number of benzene rings is 2. The standard InChI is InChI=1S/C20H21F3N2O.ClH/c21-20(22,23)16-7-3-6-15(13-16)19(11-4-12-19)25-18(26)10-9-14-5-1-2-8-17(14)24;/h1-3,5-8,13H,4,9-12,24H2,(H,25,26);1H. The zero-order valence-electron chi connectivity index (χ0n) is 14.7. The fourth-order valence-corrected chi connectivity index (χ4v) is 3.35. The number of alkyl halides is 3. The van der Waals surface area contributed by atoms with Crippen LogP contribution in [-0.4, -0.2) is 5.91 Å². The van der Waals surface area contributed by atoms with Crippen LogP contribution in [0.5, 0.6) is 0 Å². The largest absolute Gasteiger partial charge is 0.416 e. The molecule has 1 fully saturated rings. The molecule has 1 saturated carbocycles. The second-order valence-corrected chi connectivity index (χ2v) is 6.76. The smallest absolute Gasteiger partial charge is 0.399 e. The molecule has 1 aliphatic rings. The van der Waals surface area contributed by atoms with E-state index in [2.05, 4.69) is 5.32 Å². The van der Waals surface area contributed by atoms with Crippen LogP contribution in [0.15, 0.2) is 48.5 Å². The third-order valence-corrected chi connectivity index (χ3v) is 5.00. The molecule has 7 heteroatoms. The molecule has 0 heterocycles. The topological polar surface area (TPSA) is 55.1 Å². The lowest BCUT2D eigenvalue weighted by molar-refractivity contribution is -0.137. The maximum Gasteiger partial charge on any atom is 0.416 e. The molecule has 1 amide bonds. The van der Waals surface area contributed by atoms with Crippen molar-refractivity contribution in [1.29, 1.82) is 0 Å². The highest BCUT2D eigenvalue weighted by atomic mass is 35.5. The monoisotopic (exact) mass is 398 g/mol. The normalized spacial score (nSPS) is 15.4. The van der Waals surface area contributed by atoms with Crippen molar-refractivity contribution in [3.05, 3.63) is 65.2 Å². The number of nitrogens with one attached hydrogen (secondary N) is 1. The van der Waals surface area contributed by atoms with Gasteiger partial charge in [-0.25, -0.2) is 0 Å². The lowest BCUT2D eigenvalue weighted by Gasteiger charge is -2.43. The molecule has 0 spiro atoms. The average Bonchev–Trinajstić information content (AvgIpc) is 2.57. The second-order valence-electron chi connectivity index (χ2n) is 6.76. The molecule has 3 nitrogen and oxygen atoms in total. The Morgan fingerprint density at radius 2 is 1.81 bits per heavy atom. The molecule has 146 valence electrons. The van der Waals surface area contributed by atoms with Gasteiger partial charge in [0.25, 0.3) is 0 Å². The summed E-state index contributed by atoms with van der Waals surface area (Å²) in [5.41, 5.74) is 6.55. The summed E-state index contributed by atoms with van der Waals surface area (Å²) in [5.74, 6) is -0.176. The fourth-order valence-electron chi connectivity index (χ4n) is 3.35. The minimum absolute atomic E-state index is 0. The minimum atomic E-state index is -4.39. The zero-order chi connectivity index (χ0) is 18.8. The number of carbonyl (C=O) groups is 1. The van der Waals surface area contributed by atoms with Crippen molar-refractivity contribution in [3.63, 3.8) is 0 Å². The van der Waals surface area contributed by atoms with Gasteiger partial charge in [-0.1, -0.05) is 30.3 Å². The highest BCUT2D eigenvalue weighted by Gasteiger charge is 2.41. The van der Waals surface area contributed by atoms with Crippen molar-refractivity contribution >= 4 is 24.0 Å². The van der Waals surface area contributed by atoms with Crippen LogP contribution in [0, 0.1) is 0 Å². The number of nitrogen functional groups attached to an aromatic ring is 1. The van der Waals surface area contributed by atoms with Gasteiger partial charge >= 0.3 is 6.18 Å². The van der Waals surface area contributed by atoms with Crippen LogP contribution in [0.25, 0.3) is 0 Å². The van der Waals surface area contributed by atoms with Crippen LogP contribution < -0.4 is 11.1 Å². The van der Waals surface area contributed by atoms with Crippen molar-refractivity contribution < 1.29 is 18.0 Å². The van der Waals surface area contributed by atoms with Crippen LogP contribution in [-0.2, 0) is 22.9 Å². The average molecular weight is 399 g/mol. The molecule has 0 aliphatic heterocycles. The van der Waals surface area contributed by atoms with Crippen LogP contribution in [0.1, 0.15) is 42.4 Å². The van der Waals surface area contributed by atoms with Gasteiger partial charge in [-0.3, -0.25) is 4.79 Å². The van der Waals surface area contributed by atoms with E-state index in [1.807, 2.05) is 18.2 Å². The SMILES string of the molecule is Cl.Nc1ccccc1CCC(=O)NC1(c2cccc(C(F)(F)F)c2)CCC1. The van der Waals surface area contributed by atoms with E-state index < -0.39 is 17.3 Å². The van der Waals surface area contributed by atoms with Crippen molar-refractivity contribution in [3.8, 4) is 0 Å². The number of para-hydroxylation sites is 1. The maximum atomic E-state index is 13.0. The van der Waals surface area contributed by atoms with Crippen molar-refractivity contribution in [2.45, 2.75) is 43.8 Å². The molecule has 27 heavy (non-hydrogen) atoms. The van der Waals surface area contributed by atoms with Crippen molar-refractivity contribution in [2.75, 3.05) is 5.73 Å². The highest BCUT2D eigenvalue weighted by molar-refractivity contribution is 5.85. The van der Waals surface area contributed by atoms with Gasteiger partial charge in [0.2, 0.25) is 5.91 Å². The van der Waals surface area contributed by atoms with Crippen molar-refractivity contribution in [2.24, 2.45) is 0 Å². The molecule has 3 N–H and O–H groups in total. The van der Waals surface area contributed by atoms with E-state index in [1.54, 1.807) is 12.1 Å². The van der Waals surface area contributed by atoms with Crippen LogP contribution in [0.4, 0.5) is 18.9 Å². The molecule has 3 rings (SSSR count). The molecule has 0 bridgehead atoms. The Morgan fingerprint density at radius 3 is 2.41 bits per heavy atom. The van der Waals surface area contributed by atoms with Gasteiger partial charge in [0, 0.05) is 12.1 Å². The van der Waals surface area contributed by atoms with E-state index in [1.165, 1.54) is 6.07 Å². The van der Waals surface area contributed by atoms with Crippen LogP contribution in [0.2, 0.25) is 0 Å². The molecule has 2 aromatic rings. The van der Waals surface area contributed by atoms with Gasteiger partial charge in [0.15, 0.2) is 0 Å². The quantitative estimate of drug-likeness (QED) is 0.708. The summed E-state index contributed by atoms with van der Waals surface area (Å²) < 4.78 is 39.0. The second kappa shape index (κ2) is 8.21. The van der Waals surface area contributed by atoms with Crippen LogP contribution >= 0.6 is 12.4 Å². The van der Waals surface area contributed by atoms with Gasteiger partial charge < -0.3 is 11.1 Å². The predicted molar refractivity (Wildman–Crippen MR) is 102 cm³/mol. The summed E-state index contributed by atoms with van der Waals surface area (Å²) in [6, 6.07) is 12.6. The summed E-state index contributed by atoms with van der Waals surface area (Å²) in [5, 5.41) is 2.97. The number of hydrogen-bond acceptors (Lipinski definition) is 2. The first-order valence-electron chi connectivity index (χ1n) is 8.62. The van der Waals surface area contributed by atoms with Gasteiger partial charge in [0.1, 0.15) is 0 Å². The van der Waals surface area contributed by atoms with E-state index in [9.17, 15) is 18.0 Å². The summed E-state index contributed by atoms with van der Waals surface area (Å²) in [7, 11) is 0. The first-order chi connectivity index (χ1) is 12.3. The third-order valence-electron chi connectivity index (χ3n) is 5.00. The summed E-state index contributed by atoms with van der Waals surface area (Å²) in [6.07, 6.45) is -1.48. The number of carbonyl (C=O) groups excluding carboxylic acids is 1. The van der Waals surface area contributed by atoms with E-state index in [0.717, 1.165) is 24.1 Å². The Balaban J connectivity index is 0.00000261. The van der Waals surface area contributed by atoms with E-state index in [0.29, 0.717) is 30.5 Å². The van der Waals surface area contributed by atoms with Gasteiger partial charge in [-0.15, -0.1) is 12.4 Å². The number of hydrogen-bond donors (Lipinski definition) is 2. The van der Waals surface area contributed by atoms with Crippen molar-refractivity contribution in [1.82, 2.24) is 5.32 Å².